The number of hydrogen-bond donors (Lipinski definition) is 3. The fraction of sp³-hybridized carbons (Fsp3) is 0.865. The van der Waals surface area contributed by atoms with Gasteiger partial charge in [-0.15, -0.1) is 0 Å². The molecule has 2 unspecified atom stereocenters. The molecular weight excluding hydrogens is 983 g/mol. The number of esters is 1. The third-order valence-corrected chi connectivity index (χ3v) is 16.6. The van der Waals surface area contributed by atoms with Crippen LogP contribution in [0.3, 0.4) is 0 Å². The summed E-state index contributed by atoms with van der Waals surface area (Å²) in [6, 6.07) is -0.629. The molecule has 1 amide bonds. The number of ether oxygens (including phenoxy) is 1. The van der Waals surface area contributed by atoms with E-state index >= 15 is 0 Å². The number of aliphatic hydroxyl groups is 2. The molecule has 0 aromatic rings. The lowest BCUT2D eigenvalue weighted by atomic mass is 10.0. The predicted molar refractivity (Wildman–Crippen MR) is 352 cm³/mol. The van der Waals surface area contributed by atoms with Crippen molar-refractivity contribution in [1.82, 2.24) is 5.32 Å². The van der Waals surface area contributed by atoms with Gasteiger partial charge in [-0.3, -0.25) is 9.59 Å². The van der Waals surface area contributed by atoms with Gasteiger partial charge in [0, 0.05) is 12.8 Å². The highest BCUT2D eigenvalue weighted by molar-refractivity contribution is 5.76. The molecule has 6 nitrogen and oxygen atoms in total. The van der Waals surface area contributed by atoms with E-state index in [-0.39, 0.29) is 18.5 Å². The number of hydrogen-bond acceptors (Lipinski definition) is 5. The van der Waals surface area contributed by atoms with Crippen molar-refractivity contribution < 1.29 is 24.5 Å². The lowest BCUT2D eigenvalue weighted by Crippen LogP contribution is -2.45. The van der Waals surface area contributed by atoms with E-state index < -0.39 is 12.1 Å². The van der Waals surface area contributed by atoms with Gasteiger partial charge >= 0.3 is 5.97 Å². The largest absolute Gasteiger partial charge is 0.466 e. The lowest BCUT2D eigenvalue weighted by Gasteiger charge is -2.20. The van der Waals surface area contributed by atoms with Crippen molar-refractivity contribution in [2.45, 2.75) is 398 Å². The van der Waals surface area contributed by atoms with E-state index in [0.29, 0.717) is 19.4 Å². The number of nitrogens with one attached hydrogen (secondary N) is 1. The van der Waals surface area contributed by atoms with Crippen molar-refractivity contribution in [2.24, 2.45) is 0 Å². The Morgan fingerprint density at radius 2 is 0.625 bits per heavy atom. The molecule has 0 rings (SSSR count). The van der Waals surface area contributed by atoms with Crippen LogP contribution in [0.1, 0.15) is 386 Å². The van der Waals surface area contributed by atoms with Crippen molar-refractivity contribution >= 4 is 11.9 Å². The summed E-state index contributed by atoms with van der Waals surface area (Å²) in [5, 5.41) is 23.2. The summed E-state index contributed by atoms with van der Waals surface area (Å²) >= 11 is 0. The van der Waals surface area contributed by atoms with Crippen LogP contribution >= 0.6 is 0 Å². The Balaban J connectivity index is 3.41. The summed E-state index contributed by atoms with van der Waals surface area (Å²) in [6.07, 6.45) is 90.5. The molecule has 0 saturated carbocycles. The zero-order valence-corrected chi connectivity index (χ0v) is 53.8. The minimum Gasteiger partial charge on any atom is -0.466 e. The molecule has 0 radical (unpaired) electrons. The van der Waals surface area contributed by atoms with Gasteiger partial charge in [-0.2, -0.15) is 0 Å². The van der Waals surface area contributed by atoms with Gasteiger partial charge in [0.25, 0.3) is 0 Å². The number of carbonyl (C=O) groups excluding carboxylic acids is 2. The maximum Gasteiger partial charge on any atom is 0.305 e. The van der Waals surface area contributed by atoms with Crippen LogP contribution in [0.2, 0.25) is 0 Å². The van der Waals surface area contributed by atoms with E-state index in [1.54, 1.807) is 6.08 Å². The van der Waals surface area contributed by atoms with E-state index in [4.69, 9.17) is 4.74 Å². The maximum atomic E-state index is 12.5. The molecule has 3 N–H and O–H groups in total. The molecule has 80 heavy (non-hydrogen) atoms. The summed E-state index contributed by atoms with van der Waals surface area (Å²) in [4.78, 5) is 24.6. The summed E-state index contributed by atoms with van der Waals surface area (Å²) < 4.78 is 5.49. The minimum absolute atomic E-state index is 0.00217. The SMILES string of the molecule is CCCCCC/C=C\C/C=C\CCCCCCCC(=O)OCCCCCCCCCCCCCC/C=C\CCCCCCCCCCCCCCC(=O)NC(CO)C(O)/C=C/CCCCCCCCCCCCCCCCCCC. The molecule has 0 spiro atoms. The van der Waals surface area contributed by atoms with Crippen LogP contribution in [0.25, 0.3) is 0 Å². The first-order chi connectivity index (χ1) is 39.5. The number of allylic oxidation sites excluding steroid dienone is 7. The zero-order chi connectivity index (χ0) is 57.8. The molecular formula is C74H139NO5. The van der Waals surface area contributed by atoms with Gasteiger partial charge in [0.05, 0.1) is 25.4 Å². The third-order valence-electron chi connectivity index (χ3n) is 16.6. The van der Waals surface area contributed by atoms with Crippen LogP contribution in [-0.2, 0) is 14.3 Å². The third kappa shape index (κ3) is 65.0. The monoisotopic (exact) mass is 1120 g/mol. The average Bonchev–Trinajstić information content (AvgIpc) is 3.46. The van der Waals surface area contributed by atoms with Gasteiger partial charge in [-0.25, -0.2) is 0 Å². The Kier molecular flexibility index (Phi) is 67.4. The molecule has 0 aliphatic rings. The van der Waals surface area contributed by atoms with Gasteiger partial charge in [0.2, 0.25) is 5.91 Å². The molecule has 0 heterocycles. The van der Waals surface area contributed by atoms with Gasteiger partial charge in [0.1, 0.15) is 0 Å². The minimum atomic E-state index is -0.846. The fourth-order valence-electron chi connectivity index (χ4n) is 11.1. The maximum absolute atomic E-state index is 12.5. The number of amides is 1. The highest BCUT2D eigenvalue weighted by Crippen LogP contribution is 2.18. The normalized spacial score (nSPS) is 12.8. The van der Waals surface area contributed by atoms with Crippen LogP contribution in [0.5, 0.6) is 0 Å². The van der Waals surface area contributed by atoms with E-state index in [1.165, 1.54) is 308 Å². The van der Waals surface area contributed by atoms with Crippen molar-refractivity contribution in [3.05, 3.63) is 48.6 Å². The summed E-state index contributed by atoms with van der Waals surface area (Å²) in [5.74, 6) is -0.0630. The zero-order valence-electron chi connectivity index (χ0n) is 53.8. The summed E-state index contributed by atoms with van der Waals surface area (Å²) in [6.45, 7) is 4.91. The van der Waals surface area contributed by atoms with Gasteiger partial charge in [-0.1, -0.05) is 332 Å². The standard InChI is InChI=1S/C74H139NO5/c1-3-5-7-9-11-13-15-17-19-21-32-35-38-42-46-50-54-58-62-66-72(77)71(70-76)75-73(78)67-63-59-55-51-47-43-39-36-33-30-28-26-24-22-23-25-27-29-31-34-37-41-45-49-53-57-61-65-69-80-74(79)68-64-60-56-52-48-44-40-20-18-16-14-12-10-8-6-4-2/h14,16,20,22-23,40,62,66,71-72,76-77H,3-13,15,17-19,21,24-39,41-61,63-65,67-70H2,1-2H3,(H,75,78)/b16-14-,23-22-,40-20-,66-62+. The van der Waals surface area contributed by atoms with E-state index in [9.17, 15) is 19.8 Å². The van der Waals surface area contributed by atoms with E-state index in [0.717, 1.165) is 51.4 Å². The quantitative estimate of drug-likeness (QED) is 0.0320. The lowest BCUT2D eigenvalue weighted by molar-refractivity contribution is -0.143. The number of aliphatic hydroxyl groups excluding tert-OH is 2. The Morgan fingerprint density at radius 3 is 0.975 bits per heavy atom. The Labute approximate surface area is 499 Å². The number of carbonyl (C=O) groups is 2. The van der Waals surface area contributed by atoms with Crippen LogP contribution < -0.4 is 5.32 Å². The van der Waals surface area contributed by atoms with Crippen molar-refractivity contribution in [2.75, 3.05) is 13.2 Å². The second kappa shape index (κ2) is 69.3. The summed E-state index contributed by atoms with van der Waals surface area (Å²) in [5.41, 5.74) is 0. The molecule has 0 aliphatic carbocycles. The average molecular weight is 1120 g/mol. The molecule has 0 aromatic heterocycles. The van der Waals surface area contributed by atoms with Crippen molar-refractivity contribution in [3.63, 3.8) is 0 Å². The fourth-order valence-corrected chi connectivity index (χ4v) is 11.1. The first kappa shape index (κ1) is 77.8. The van der Waals surface area contributed by atoms with Crippen molar-refractivity contribution in [1.29, 1.82) is 0 Å². The van der Waals surface area contributed by atoms with Crippen LogP contribution in [0.4, 0.5) is 0 Å². The molecule has 0 bridgehead atoms. The topological polar surface area (TPSA) is 95.9 Å². The van der Waals surface area contributed by atoms with Crippen molar-refractivity contribution in [3.8, 4) is 0 Å². The smallest absolute Gasteiger partial charge is 0.305 e. The van der Waals surface area contributed by atoms with Crippen LogP contribution in [-0.4, -0.2) is 47.4 Å². The molecule has 0 aliphatic heterocycles. The Morgan fingerprint density at radius 1 is 0.350 bits per heavy atom. The molecule has 2 atom stereocenters. The summed E-state index contributed by atoms with van der Waals surface area (Å²) in [7, 11) is 0. The number of rotatable bonds is 67. The van der Waals surface area contributed by atoms with E-state index in [2.05, 4.69) is 55.6 Å². The Bertz CT molecular complexity index is 1340. The molecule has 0 aromatic carbocycles. The van der Waals surface area contributed by atoms with Gasteiger partial charge in [-0.05, 0) is 89.9 Å². The first-order valence-corrected chi connectivity index (χ1v) is 35.9. The molecule has 470 valence electrons. The first-order valence-electron chi connectivity index (χ1n) is 35.9. The van der Waals surface area contributed by atoms with E-state index in [1.807, 2.05) is 6.08 Å². The second-order valence-corrected chi connectivity index (χ2v) is 24.6. The van der Waals surface area contributed by atoms with Crippen LogP contribution in [0.15, 0.2) is 48.6 Å². The highest BCUT2D eigenvalue weighted by atomic mass is 16.5. The second-order valence-electron chi connectivity index (χ2n) is 24.6. The Hall–Kier alpha value is -2.18. The predicted octanol–water partition coefficient (Wildman–Crippen LogP) is 23.3. The molecule has 0 saturated heterocycles. The van der Waals surface area contributed by atoms with Gasteiger partial charge in [0.15, 0.2) is 0 Å². The highest BCUT2D eigenvalue weighted by Gasteiger charge is 2.18. The van der Waals surface area contributed by atoms with Crippen LogP contribution in [0, 0.1) is 0 Å². The molecule has 0 fully saturated rings. The molecule has 6 heteroatoms. The number of unbranched alkanes of at least 4 members (excludes halogenated alkanes) is 50. The van der Waals surface area contributed by atoms with Gasteiger partial charge < -0.3 is 20.3 Å².